The van der Waals surface area contributed by atoms with Crippen LogP contribution in [0, 0.1) is 0 Å². The number of fused-ring (bicyclic) bond motifs is 2. The smallest absolute Gasteiger partial charge is 0.410 e. The summed E-state index contributed by atoms with van der Waals surface area (Å²) in [7, 11) is 0. The van der Waals surface area contributed by atoms with Crippen LogP contribution in [0.4, 0.5) is 10.5 Å². The normalized spacial score (nSPS) is 20.2. The zero-order valence-electron chi connectivity index (χ0n) is 15.1. The molecule has 0 saturated heterocycles. The summed E-state index contributed by atoms with van der Waals surface area (Å²) in [5.74, 6) is 0.942. The molecule has 24 heavy (non-hydrogen) atoms. The van der Waals surface area contributed by atoms with Crippen molar-refractivity contribution in [3.8, 4) is 5.75 Å². The van der Waals surface area contributed by atoms with Crippen LogP contribution in [0.2, 0.25) is 0 Å². The first-order valence-electron chi connectivity index (χ1n) is 8.90. The van der Waals surface area contributed by atoms with Gasteiger partial charge in [-0.1, -0.05) is 6.92 Å². The average molecular weight is 332 g/mol. The van der Waals surface area contributed by atoms with Crippen molar-refractivity contribution in [1.29, 1.82) is 0 Å². The summed E-state index contributed by atoms with van der Waals surface area (Å²) in [6.07, 6.45) is 2.69. The lowest BCUT2D eigenvalue weighted by Gasteiger charge is -2.27. The van der Waals surface area contributed by atoms with Gasteiger partial charge in [0.25, 0.3) is 0 Å². The maximum absolute atomic E-state index is 12.3. The zero-order valence-corrected chi connectivity index (χ0v) is 15.1. The van der Waals surface area contributed by atoms with Crippen molar-refractivity contribution >= 4 is 11.8 Å². The Hall–Kier alpha value is -1.91. The van der Waals surface area contributed by atoms with E-state index in [4.69, 9.17) is 9.47 Å². The monoisotopic (exact) mass is 332 g/mol. The van der Waals surface area contributed by atoms with Gasteiger partial charge in [0.2, 0.25) is 0 Å². The van der Waals surface area contributed by atoms with Crippen LogP contribution in [-0.4, -0.2) is 42.3 Å². The Labute approximate surface area is 144 Å². The van der Waals surface area contributed by atoms with Gasteiger partial charge in [-0.3, -0.25) is 0 Å². The number of hydrogen-bond donors (Lipinski definition) is 1. The molecule has 0 bridgehead atoms. The average Bonchev–Trinajstić information content (AvgIpc) is 2.72. The summed E-state index contributed by atoms with van der Waals surface area (Å²) >= 11 is 0. The van der Waals surface area contributed by atoms with E-state index in [1.807, 2.05) is 25.7 Å². The molecule has 1 aromatic rings. The van der Waals surface area contributed by atoms with E-state index in [0.717, 1.165) is 37.2 Å². The molecule has 132 valence electrons. The van der Waals surface area contributed by atoms with Gasteiger partial charge in [0, 0.05) is 13.1 Å². The number of ether oxygens (including phenoxy) is 2. The number of nitrogens with zero attached hydrogens (tertiary/aromatic N) is 1. The fourth-order valence-corrected chi connectivity index (χ4v) is 3.17. The first kappa shape index (κ1) is 16.9. The Morgan fingerprint density at radius 2 is 1.96 bits per heavy atom. The lowest BCUT2D eigenvalue weighted by atomic mass is 10.0. The number of rotatable bonds is 1. The van der Waals surface area contributed by atoms with Gasteiger partial charge in [-0.15, -0.1) is 0 Å². The number of nitrogens with one attached hydrogen (secondary N) is 1. The third-order valence-electron chi connectivity index (χ3n) is 4.52. The highest BCUT2D eigenvalue weighted by Gasteiger charge is 2.26. The van der Waals surface area contributed by atoms with E-state index in [2.05, 4.69) is 24.4 Å². The second-order valence-corrected chi connectivity index (χ2v) is 7.61. The van der Waals surface area contributed by atoms with Gasteiger partial charge in [0.1, 0.15) is 17.5 Å². The molecule has 0 fully saturated rings. The molecule has 0 aromatic heterocycles. The molecule has 0 spiro atoms. The van der Waals surface area contributed by atoms with E-state index in [9.17, 15) is 4.79 Å². The minimum atomic E-state index is -0.456. The van der Waals surface area contributed by atoms with Gasteiger partial charge in [-0.25, -0.2) is 4.79 Å². The maximum atomic E-state index is 12.3. The van der Waals surface area contributed by atoms with Gasteiger partial charge in [-0.2, -0.15) is 0 Å². The molecule has 1 aromatic carbocycles. The topological polar surface area (TPSA) is 50.8 Å². The summed E-state index contributed by atoms with van der Waals surface area (Å²) in [5, 5.41) is 3.47. The number of hydrogen-bond acceptors (Lipinski definition) is 4. The molecule has 1 unspecified atom stereocenters. The third-order valence-corrected chi connectivity index (χ3v) is 4.52. The largest absolute Gasteiger partial charge is 0.486 e. The van der Waals surface area contributed by atoms with Gasteiger partial charge in [0.15, 0.2) is 0 Å². The van der Waals surface area contributed by atoms with Crippen molar-refractivity contribution < 1.29 is 14.3 Å². The first-order valence-corrected chi connectivity index (χ1v) is 8.90. The van der Waals surface area contributed by atoms with E-state index >= 15 is 0 Å². The van der Waals surface area contributed by atoms with Gasteiger partial charge in [0.05, 0.1) is 12.2 Å². The molecular weight excluding hydrogens is 304 g/mol. The van der Waals surface area contributed by atoms with Crippen LogP contribution < -0.4 is 10.1 Å². The van der Waals surface area contributed by atoms with E-state index < -0.39 is 5.60 Å². The Bertz CT molecular complexity index is 622. The van der Waals surface area contributed by atoms with Crippen LogP contribution in [0.25, 0.3) is 0 Å². The second kappa shape index (κ2) is 6.54. The molecule has 1 N–H and O–H groups in total. The Kier molecular flexibility index (Phi) is 4.61. The Morgan fingerprint density at radius 1 is 1.29 bits per heavy atom. The highest BCUT2D eigenvalue weighted by Crippen LogP contribution is 2.34. The molecular formula is C19H28N2O3. The predicted octanol–water partition coefficient (Wildman–Crippen LogP) is 3.61. The van der Waals surface area contributed by atoms with Crippen molar-refractivity contribution in [1.82, 2.24) is 4.90 Å². The SMILES string of the molecule is CCC1CNc2cc3c(cc2O1)CCN(C(=O)OC(C)(C)C)CC3. The summed E-state index contributed by atoms with van der Waals surface area (Å²) in [4.78, 5) is 14.1. The molecule has 5 nitrogen and oxygen atoms in total. The van der Waals surface area contributed by atoms with Crippen LogP contribution in [0.5, 0.6) is 5.75 Å². The molecule has 5 heteroatoms. The second-order valence-electron chi connectivity index (χ2n) is 7.61. The fraction of sp³-hybridized carbons (Fsp3) is 0.632. The number of anilines is 1. The van der Waals surface area contributed by atoms with E-state index in [1.54, 1.807) is 0 Å². The number of benzene rings is 1. The minimum absolute atomic E-state index is 0.222. The van der Waals surface area contributed by atoms with Crippen molar-refractivity contribution in [2.75, 3.05) is 25.0 Å². The van der Waals surface area contributed by atoms with E-state index in [0.29, 0.717) is 13.1 Å². The summed E-state index contributed by atoms with van der Waals surface area (Å²) in [6, 6.07) is 4.34. The molecule has 0 saturated carbocycles. The lowest BCUT2D eigenvalue weighted by Crippen LogP contribution is -2.38. The van der Waals surface area contributed by atoms with E-state index in [1.165, 1.54) is 11.1 Å². The molecule has 2 aliphatic heterocycles. The maximum Gasteiger partial charge on any atom is 0.410 e. The highest BCUT2D eigenvalue weighted by atomic mass is 16.6. The minimum Gasteiger partial charge on any atom is -0.486 e. The van der Waals surface area contributed by atoms with E-state index in [-0.39, 0.29) is 12.2 Å². The Balaban J connectivity index is 1.73. The van der Waals surface area contributed by atoms with Gasteiger partial charge < -0.3 is 19.7 Å². The predicted molar refractivity (Wildman–Crippen MR) is 94.9 cm³/mol. The summed E-state index contributed by atoms with van der Waals surface area (Å²) in [6.45, 7) is 10.1. The fourth-order valence-electron chi connectivity index (χ4n) is 3.17. The Morgan fingerprint density at radius 3 is 2.58 bits per heavy atom. The number of carbonyl (C=O) groups excluding carboxylic acids is 1. The van der Waals surface area contributed by atoms with Crippen LogP contribution in [-0.2, 0) is 17.6 Å². The zero-order chi connectivity index (χ0) is 17.3. The molecule has 1 atom stereocenters. The number of carbonyl (C=O) groups is 1. The third kappa shape index (κ3) is 3.77. The van der Waals surface area contributed by atoms with Crippen molar-refractivity contribution in [3.63, 3.8) is 0 Å². The standard InChI is InChI=1S/C19H28N2O3/c1-5-15-12-20-16-10-13-6-8-21(18(22)24-19(2,3)4)9-7-14(13)11-17(16)23-15/h10-11,15,20H,5-9,12H2,1-4H3. The van der Waals surface area contributed by atoms with Gasteiger partial charge >= 0.3 is 6.09 Å². The van der Waals surface area contributed by atoms with Crippen molar-refractivity contribution in [2.24, 2.45) is 0 Å². The lowest BCUT2D eigenvalue weighted by molar-refractivity contribution is 0.0258. The van der Waals surface area contributed by atoms with Crippen molar-refractivity contribution in [2.45, 2.75) is 58.7 Å². The molecule has 1 amide bonds. The summed E-state index contributed by atoms with van der Waals surface area (Å²) < 4.78 is 11.6. The number of amides is 1. The van der Waals surface area contributed by atoms with Crippen LogP contribution >= 0.6 is 0 Å². The first-order chi connectivity index (χ1) is 11.4. The molecule has 0 radical (unpaired) electrons. The quantitative estimate of drug-likeness (QED) is 0.853. The van der Waals surface area contributed by atoms with Crippen LogP contribution in [0.3, 0.4) is 0 Å². The summed E-state index contributed by atoms with van der Waals surface area (Å²) in [5.41, 5.74) is 3.19. The van der Waals surface area contributed by atoms with Gasteiger partial charge in [-0.05, 0) is 63.3 Å². The van der Waals surface area contributed by atoms with Crippen molar-refractivity contribution in [3.05, 3.63) is 23.3 Å². The molecule has 2 aliphatic rings. The van der Waals surface area contributed by atoms with Crippen LogP contribution in [0.1, 0.15) is 45.2 Å². The highest BCUT2D eigenvalue weighted by molar-refractivity contribution is 5.69. The molecule has 2 heterocycles. The molecule has 3 rings (SSSR count). The molecule has 0 aliphatic carbocycles. The van der Waals surface area contributed by atoms with Crippen LogP contribution in [0.15, 0.2) is 12.1 Å².